The predicted molar refractivity (Wildman–Crippen MR) is 49.3 cm³/mol. The summed E-state index contributed by atoms with van der Waals surface area (Å²) in [6.07, 6.45) is 4.81. The van der Waals surface area contributed by atoms with Crippen molar-refractivity contribution in [2.75, 3.05) is 6.54 Å². The number of pyridine rings is 1. The van der Waals surface area contributed by atoms with Crippen LogP contribution >= 0.6 is 0 Å². The van der Waals surface area contributed by atoms with Crippen molar-refractivity contribution < 1.29 is 9.90 Å². The number of nitrogens with zero attached hydrogens (tertiary/aromatic N) is 1. The van der Waals surface area contributed by atoms with Gasteiger partial charge in [0.1, 0.15) is 0 Å². The molecular formula is C9H10N2O2. The minimum Gasteiger partial charge on any atom is -0.478 e. The highest BCUT2D eigenvalue weighted by Crippen LogP contribution is 2.01. The molecular weight excluding hydrogens is 168 g/mol. The number of carboxylic acids is 1. The van der Waals surface area contributed by atoms with Gasteiger partial charge in [-0.15, -0.1) is 0 Å². The minimum absolute atomic E-state index is 0.185. The van der Waals surface area contributed by atoms with E-state index in [0.717, 1.165) is 0 Å². The van der Waals surface area contributed by atoms with Crippen LogP contribution < -0.4 is 5.73 Å². The fraction of sp³-hybridized carbons (Fsp3) is 0.111. The summed E-state index contributed by atoms with van der Waals surface area (Å²) in [5.41, 5.74) is 6.13. The summed E-state index contributed by atoms with van der Waals surface area (Å²) < 4.78 is 0. The molecule has 0 saturated heterocycles. The zero-order valence-corrected chi connectivity index (χ0v) is 6.97. The lowest BCUT2D eigenvalue weighted by atomic mass is 10.2. The maximum absolute atomic E-state index is 10.4. The molecule has 0 saturated carbocycles. The zero-order chi connectivity index (χ0) is 9.68. The average molecular weight is 178 g/mol. The average Bonchev–Trinajstić information content (AvgIpc) is 2.15. The van der Waals surface area contributed by atoms with Gasteiger partial charge in [0.2, 0.25) is 0 Å². The Kier molecular flexibility index (Phi) is 3.16. The van der Waals surface area contributed by atoms with Crippen LogP contribution in [0.4, 0.5) is 0 Å². The van der Waals surface area contributed by atoms with Crippen molar-refractivity contribution in [3.8, 4) is 0 Å². The van der Waals surface area contributed by atoms with Crippen molar-refractivity contribution in [2.24, 2.45) is 5.73 Å². The van der Waals surface area contributed by atoms with Gasteiger partial charge in [0, 0.05) is 12.7 Å². The van der Waals surface area contributed by atoms with E-state index in [2.05, 4.69) is 4.98 Å². The van der Waals surface area contributed by atoms with Gasteiger partial charge in [0.15, 0.2) is 0 Å². The van der Waals surface area contributed by atoms with Gasteiger partial charge >= 0.3 is 5.97 Å². The summed E-state index contributed by atoms with van der Waals surface area (Å²) in [5, 5.41) is 8.57. The third-order valence-electron chi connectivity index (χ3n) is 1.46. The summed E-state index contributed by atoms with van der Waals surface area (Å²) in [5.74, 6) is -0.971. The first-order valence-electron chi connectivity index (χ1n) is 3.80. The molecule has 1 aromatic heterocycles. The number of nitrogens with two attached hydrogens (primary N) is 1. The molecule has 0 atom stereocenters. The van der Waals surface area contributed by atoms with E-state index in [1.165, 1.54) is 12.3 Å². The van der Waals surface area contributed by atoms with Crippen LogP contribution in [0, 0.1) is 0 Å². The fourth-order valence-corrected chi connectivity index (χ4v) is 0.819. The van der Waals surface area contributed by atoms with Crippen LogP contribution in [-0.4, -0.2) is 22.6 Å². The molecule has 0 bridgehead atoms. The van der Waals surface area contributed by atoms with Crippen molar-refractivity contribution in [3.05, 3.63) is 35.7 Å². The molecule has 4 heteroatoms. The molecule has 0 unspecified atom stereocenters. The Labute approximate surface area is 75.7 Å². The molecule has 0 amide bonds. The summed E-state index contributed by atoms with van der Waals surface area (Å²) >= 11 is 0. The van der Waals surface area contributed by atoms with Crippen LogP contribution in [0.25, 0.3) is 6.08 Å². The van der Waals surface area contributed by atoms with Gasteiger partial charge in [0.05, 0.1) is 11.3 Å². The molecule has 4 nitrogen and oxygen atoms in total. The summed E-state index contributed by atoms with van der Waals surface area (Å²) in [6, 6.07) is 3.14. The van der Waals surface area contributed by atoms with Crippen LogP contribution in [0.15, 0.2) is 24.4 Å². The molecule has 0 spiro atoms. The minimum atomic E-state index is -0.971. The Morgan fingerprint density at radius 1 is 1.62 bits per heavy atom. The fourth-order valence-electron chi connectivity index (χ4n) is 0.819. The van der Waals surface area contributed by atoms with E-state index in [1.807, 2.05) is 0 Å². The SMILES string of the molecule is NCC=Cc1ccc(C(=O)O)cn1. The van der Waals surface area contributed by atoms with Crippen LogP contribution in [0.3, 0.4) is 0 Å². The first kappa shape index (κ1) is 9.41. The lowest BCUT2D eigenvalue weighted by Crippen LogP contribution is -1.97. The van der Waals surface area contributed by atoms with Gasteiger partial charge in [-0.2, -0.15) is 0 Å². The first-order valence-corrected chi connectivity index (χ1v) is 3.80. The molecule has 0 radical (unpaired) electrons. The number of carbonyl (C=O) groups is 1. The Morgan fingerprint density at radius 2 is 2.38 bits per heavy atom. The lowest BCUT2D eigenvalue weighted by Gasteiger charge is -1.94. The van der Waals surface area contributed by atoms with E-state index in [9.17, 15) is 4.79 Å². The van der Waals surface area contributed by atoms with Gasteiger partial charge in [0.25, 0.3) is 0 Å². The predicted octanol–water partition coefficient (Wildman–Crippen LogP) is 0.752. The molecule has 1 aromatic rings. The number of hydrogen-bond acceptors (Lipinski definition) is 3. The smallest absolute Gasteiger partial charge is 0.337 e. The van der Waals surface area contributed by atoms with Crippen LogP contribution in [0.1, 0.15) is 16.1 Å². The molecule has 0 aliphatic carbocycles. The van der Waals surface area contributed by atoms with Gasteiger partial charge < -0.3 is 10.8 Å². The molecule has 1 rings (SSSR count). The van der Waals surface area contributed by atoms with E-state index in [1.54, 1.807) is 18.2 Å². The number of hydrogen-bond donors (Lipinski definition) is 2. The van der Waals surface area contributed by atoms with Crippen LogP contribution in [0.5, 0.6) is 0 Å². The molecule has 0 aliphatic rings. The quantitative estimate of drug-likeness (QED) is 0.716. The van der Waals surface area contributed by atoms with Crippen LogP contribution in [0.2, 0.25) is 0 Å². The first-order chi connectivity index (χ1) is 6.24. The second-order valence-corrected chi connectivity index (χ2v) is 2.41. The van der Waals surface area contributed by atoms with Crippen molar-refractivity contribution in [3.63, 3.8) is 0 Å². The van der Waals surface area contributed by atoms with Crippen molar-refractivity contribution in [1.29, 1.82) is 0 Å². The molecule has 0 aliphatic heterocycles. The van der Waals surface area contributed by atoms with Gasteiger partial charge in [-0.25, -0.2) is 4.79 Å². The monoisotopic (exact) mass is 178 g/mol. The standard InChI is InChI=1S/C9H10N2O2/c10-5-1-2-8-4-3-7(6-11-8)9(12)13/h1-4,6H,5,10H2,(H,12,13). The van der Waals surface area contributed by atoms with E-state index in [-0.39, 0.29) is 5.56 Å². The third-order valence-corrected chi connectivity index (χ3v) is 1.46. The molecule has 1 heterocycles. The largest absolute Gasteiger partial charge is 0.478 e. The second kappa shape index (κ2) is 4.37. The molecule has 3 N–H and O–H groups in total. The number of aromatic nitrogens is 1. The Hall–Kier alpha value is -1.68. The highest BCUT2D eigenvalue weighted by molar-refractivity contribution is 5.87. The molecule has 0 aromatic carbocycles. The normalized spacial score (nSPS) is 10.5. The van der Waals surface area contributed by atoms with E-state index in [4.69, 9.17) is 10.8 Å². The number of aromatic carboxylic acids is 1. The summed E-state index contributed by atoms with van der Waals surface area (Å²) in [6.45, 7) is 0.447. The van der Waals surface area contributed by atoms with E-state index in [0.29, 0.717) is 12.2 Å². The lowest BCUT2D eigenvalue weighted by molar-refractivity contribution is 0.0696. The highest BCUT2D eigenvalue weighted by Gasteiger charge is 2.00. The summed E-state index contributed by atoms with van der Waals surface area (Å²) in [4.78, 5) is 14.4. The number of rotatable bonds is 3. The Morgan fingerprint density at radius 3 is 2.85 bits per heavy atom. The number of carboxylic acid groups (broad SMARTS) is 1. The zero-order valence-electron chi connectivity index (χ0n) is 6.97. The van der Waals surface area contributed by atoms with Gasteiger partial charge in [-0.05, 0) is 18.2 Å². The van der Waals surface area contributed by atoms with E-state index < -0.39 is 5.97 Å². The highest BCUT2D eigenvalue weighted by atomic mass is 16.4. The molecule has 68 valence electrons. The van der Waals surface area contributed by atoms with Crippen molar-refractivity contribution in [2.45, 2.75) is 0 Å². The maximum Gasteiger partial charge on any atom is 0.337 e. The van der Waals surface area contributed by atoms with Gasteiger partial charge in [-0.3, -0.25) is 4.98 Å². The Balaban J connectivity index is 2.81. The summed E-state index contributed by atoms with van der Waals surface area (Å²) in [7, 11) is 0. The topological polar surface area (TPSA) is 76.2 Å². The van der Waals surface area contributed by atoms with E-state index >= 15 is 0 Å². The van der Waals surface area contributed by atoms with Crippen LogP contribution in [-0.2, 0) is 0 Å². The van der Waals surface area contributed by atoms with Gasteiger partial charge in [-0.1, -0.05) is 6.08 Å². The third kappa shape index (κ3) is 2.68. The molecule has 0 fully saturated rings. The van der Waals surface area contributed by atoms with Crippen molar-refractivity contribution >= 4 is 12.0 Å². The molecule has 13 heavy (non-hydrogen) atoms. The maximum atomic E-state index is 10.4. The van der Waals surface area contributed by atoms with Crippen molar-refractivity contribution in [1.82, 2.24) is 4.98 Å². The Bertz CT molecular complexity index is 317. The second-order valence-electron chi connectivity index (χ2n) is 2.41.